The third-order valence-electron chi connectivity index (χ3n) is 2.43. The van der Waals surface area contributed by atoms with Gasteiger partial charge in [-0.05, 0) is 25.0 Å². The highest BCUT2D eigenvalue weighted by Gasteiger charge is 2.03. The van der Waals surface area contributed by atoms with E-state index in [0.29, 0.717) is 13.0 Å². The molecular formula is C12H14N2O3. The summed E-state index contributed by atoms with van der Waals surface area (Å²) < 4.78 is 7.46. The standard InChI is InChI=1S/C12H14N2O3/c15-11(16)5-1-2-9-17-10-4-3-7-14-8-6-13-12(10)14/h3-4,6-8H,1-2,5,9H2,(H,15,16). The van der Waals surface area contributed by atoms with E-state index in [4.69, 9.17) is 9.84 Å². The zero-order valence-electron chi connectivity index (χ0n) is 9.37. The van der Waals surface area contributed by atoms with E-state index in [0.717, 1.165) is 17.8 Å². The summed E-state index contributed by atoms with van der Waals surface area (Å²) in [4.78, 5) is 14.5. The van der Waals surface area contributed by atoms with Gasteiger partial charge in [0.2, 0.25) is 0 Å². The highest BCUT2D eigenvalue weighted by atomic mass is 16.5. The number of hydrogen-bond acceptors (Lipinski definition) is 3. The molecule has 1 N–H and O–H groups in total. The summed E-state index contributed by atoms with van der Waals surface area (Å²) in [6.45, 7) is 0.514. The predicted octanol–water partition coefficient (Wildman–Crippen LogP) is 1.97. The maximum Gasteiger partial charge on any atom is 0.303 e. The molecule has 0 spiro atoms. The number of rotatable bonds is 6. The summed E-state index contributed by atoms with van der Waals surface area (Å²) >= 11 is 0. The maximum absolute atomic E-state index is 10.3. The van der Waals surface area contributed by atoms with Crippen LogP contribution in [0.1, 0.15) is 19.3 Å². The summed E-state index contributed by atoms with van der Waals surface area (Å²) in [7, 11) is 0. The second-order valence-electron chi connectivity index (χ2n) is 3.73. The van der Waals surface area contributed by atoms with Crippen LogP contribution in [0.5, 0.6) is 5.75 Å². The number of carboxylic acids is 1. The second-order valence-corrected chi connectivity index (χ2v) is 3.73. The van der Waals surface area contributed by atoms with Crippen LogP contribution in [0.25, 0.3) is 5.65 Å². The zero-order valence-corrected chi connectivity index (χ0v) is 9.37. The number of hydrogen-bond donors (Lipinski definition) is 1. The normalized spacial score (nSPS) is 10.6. The number of aromatic nitrogens is 2. The Labute approximate surface area is 98.7 Å². The molecule has 0 saturated carbocycles. The number of ether oxygens (including phenoxy) is 1. The smallest absolute Gasteiger partial charge is 0.303 e. The highest BCUT2D eigenvalue weighted by molar-refractivity contribution is 5.66. The van der Waals surface area contributed by atoms with Crippen LogP contribution in [-0.4, -0.2) is 27.1 Å². The van der Waals surface area contributed by atoms with Crippen molar-refractivity contribution in [1.29, 1.82) is 0 Å². The lowest BCUT2D eigenvalue weighted by Crippen LogP contribution is -2.01. The Hall–Kier alpha value is -2.04. The molecule has 17 heavy (non-hydrogen) atoms. The minimum absolute atomic E-state index is 0.191. The number of unbranched alkanes of at least 4 members (excludes halogenated alkanes) is 1. The third-order valence-corrected chi connectivity index (χ3v) is 2.43. The van der Waals surface area contributed by atoms with Crippen LogP contribution in [0, 0.1) is 0 Å². The quantitative estimate of drug-likeness (QED) is 0.776. The van der Waals surface area contributed by atoms with Crippen molar-refractivity contribution < 1.29 is 14.6 Å². The number of imidazole rings is 1. The molecule has 0 aliphatic rings. The number of carboxylic acid groups (broad SMARTS) is 1. The van der Waals surface area contributed by atoms with Gasteiger partial charge in [-0.15, -0.1) is 0 Å². The van der Waals surface area contributed by atoms with Crippen LogP contribution in [0.15, 0.2) is 30.7 Å². The van der Waals surface area contributed by atoms with Crippen molar-refractivity contribution >= 4 is 11.6 Å². The molecule has 0 radical (unpaired) electrons. The Balaban J connectivity index is 1.86. The average molecular weight is 234 g/mol. The van der Waals surface area contributed by atoms with E-state index in [-0.39, 0.29) is 6.42 Å². The molecule has 5 heteroatoms. The highest BCUT2D eigenvalue weighted by Crippen LogP contribution is 2.17. The van der Waals surface area contributed by atoms with Gasteiger partial charge >= 0.3 is 5.97 Å². The average Bonchev–Trinajstić information content (AvgIpc) is 2.77. The van der Waals surface area contributed by atoms with Gasteiger partial charge in [0.25, 0.3) is 0 Å². The Bertz CT molecular complexity index is 507. The summed E-state index contributed by atoms with van der Waals surface area (Å²) in [6, 6.07) is 3.75. The first-order chi connectivity index (χ1) is 8.27. The van der Waals surface area contributed by atoms with Gasteiger partial charge in [-0.3, -0.25) is 4.79 Å². The Morgan fingerprint density at radius 1 is 1.41 bits per heavy atom. The molecule has 5 nitrogen and oxygen atoms in total. The first-order valence-corrected chi connectivity index (χ1v) is 5.53. The van der Waals surface area contributed by atoms with Gasteiger partial charge in [0.05, 0.1) is 6.61 Å². The molecule has 0 atom stereocenters. The molecule has 2 heterocycles. The third kappa shape index (κ3) is 2.96. The number of nitrogens with zero attached hydrogens (tertiary/aromatic N) is 2. The van der Waals surface area contributed by atoms with Crippen LogP contribution in [0.4, 0.5) is 0 Å². The molecule has 0 bridgehead atoms. The lowest BCUT2D eigenvalue weighted by molar-refractivity contribution is -0.137. The van der Waals surface area contributed by atoms with E-state index in [2.05, 4.69) is 4.98 Å². The van der Waals surface area contributed by atoms with Crippen molar-refractivity contribution in [3.8, 4) is 5.75 Å². The van der Waals surface area contributed by atoms with Crippen LogP contribution < -0.4 is 4.74 Å². The van der Waals surface area contributed by atoms with Crippen molar-refractivity contribution in [2.75, 3.05) is 6.61 Å². The van der Waals surface area contributed by atoms with Crippen LogP contribution in [0.3, 0.4) is 0 Å². The molecule has 0 unspecified atom stereocenters. The fourth-order valence-electron chi connectivity index (χ4n) is 1.59. The van der Waals surface area contributed by atoms with E-state index in [1.165, 1.54) is 0 Å². The minimum Gasteiger partial charge on any atom is -0.490 e. The van der Waals surface area contributed by atoms with E-state index >= 15 is 0 Å². The number of pyridine rings is 1. The monoisotopic (exact) mass is 234 g/mol. The van der Waals surface area contributed by atoms with Gasteiger partial charge < -0.3 is 14.2 Å². The fraction of sp³-hybridized carbons (Fsp3) is 0.333. The van der Waals surface area contributed by atoms with Crippen LogP contribution in [0.2, 0.25) is 0 Å². The molecule has 2 aromatic rings. The molecule has 0 amide bonds. The van der Waals surface area contributed by atoms with Crippen molar-refractivity contribution in [1.82, 2.24) is 9.38 Å². The van der Waals surface area contributed by atoms with Crippen molar-refractivity contribution in [3.63, 3.8) is 0 Å². The van der Waals surface area contributed by atoms with Gasteiger partial charge in [0, 0.05) is 25.0 Å². The van der Waals surface area contributed by atoms with Gasteiger partial charge in [-0.2, -0.15) is 0 Å². The van der Waals surface area contributed by atoms with Crippen LogP contribution >= 0.6 is 0 Å². The minimum atomic E-state index is -0.764. The van der Waals surface area contributed by atoms with Crippen molar-refractivity contribution in [2.45, 2.75) is 19.3 Å². The molecule has 2 rings (SSSR count). The molecule has 2 aromatic heterocycles. The Morgan fingerprint density at radius 2 is 2.29 bits per heavy atom. The van der Waals surface area contributed by atoms with E-state index < -0.39 is 5.97 Å². The maximum atomic E-state index is 10.3. The van der Waals surface area contributed by atoms with Gasteiger partial charge in [-0.25, -0.2) is 4.98 Å². The molecule has 0 aliphatic heterocycles. The zero-order chi connectivity index (χ0) is 12.1. The number of carbonyl (C=O) groups is 1. The van der Waals surface area contributed by atoms with Crippen LogP contribution in [-0.2, 0) is 4.79 Å². The molecule has 90 valence electrons. The Morgan fingerprint density at radius 3 is 3.12 bits per heavy atom. The summed E-state index contributed by atoms with van der Waals surface area (Å²) in [5.41, 5.74) is 0.783. The Kier molecular flexibility index (Phi) is 3.59. The first-order valence-electron chi connectivity index (χ1n) is 5.53. The summed E-state index contributed by atoms with van der Waals surface area (Å²) in [6.07, 6.45) is 7.02. The van der Waals surface area contributed by atoms with E-state index in [9.17, 15) is 4.79 Å². The fourth-order valence-corrected chi connectivity index (χ4v) is 1.59. The lowest BCUT2D eigenvalue weighted by atomic mass is 10.2. The molecule has 0 fully saturated rings. The molecule has 0 aromatic carbocycles. The first kappa shape index (κ1) is 11.4. The van der Waals surface area contributed by atoms with Crippen molar-refractivity contribution in [2.24, 2.45) is 0 Å². The lowest BCUT2D eigenvalue weighted by Gasteiger charge is -2.06. The van der Waals surface area contributed by atoms with Gasteiger partial charge in [-0.1, -0.05) is 0 Å². The van der Waals surface area contributed by atoms with E-state index in [1.807, 2.05) is 28.9 Å². The largest absolute Gasteiger partial charge is 0.490 e. The molecule has 0 aliphatic carbocycles. The summed E-state index contributed by atoms with van der Waals surface area (Å²) in [5, 5.41) is 8.49. The van der Waals surface area contributed by atoms with Gasteiger partial charge in [0.1, 0.15) is 0 Å². The predicted molar refractivity (Wildman–Crippen MR) is 62.2 cm³/mol. The molecular weight excluding hydrogens is 220 g/mol. The summed E-state index contributed by atoms with van der Waals surface area (Å²) in [5.74, 6) is -0.0341. The number of fused-ring (bicyclic) bond motifs is 1. The second kappa shape index (κ2) is 5.34. The van der Waals surface area contributed by atoms with E-state index in [1.54, 1.807) is 6.20 Å². The number of aliphatic carboxylic acids is 1. The topological polar surface area (TPSA) is 63.8 Å². The van der Waals surface area contributed by atoms with Gasteiger partial charge in [0.15, 0.2) is 11.4 Å². The SMILES string of the molecule is O=C(O)CCCCOc1cccn2ccnc12. The molecule has 0 saturated heterocycles. The van der Waals surface area contributed by atoms with Crippen molar-refractivity contribution in [3.05, 3.63) is 30.7 Å².